The molecular weight excluding hydrogens is 419 g/mol. The Hall–Kier alpha value is -3.65. The van der Waals surface area contributed by atoms with Gasteiger partial charge in [-0.25, -0.2) is 9.18 Å². The lowest BCUT2D eigenvalue weighted by molar-refractivity contribution is -0.115. The van der Waals surface area contributed by atoms with Crippen LogP contribution in [0.4, 0.5) is 15.8 Å². The Morgan fingerprint density at radius 3 is 2.29 bits per heavy atom. The summed E-state index contributed by atoms with van der Waals surface area (Å²) in [5, 5.41) is 14.0. The molecule has 158 valence electrons. The molecule has 0 aliphatic carbocycles. The molecule has 3 rings (SSSR count). The average molecular weight is 438 g/mol. The van der Waals surface area contributed by atoms with E-state index in [9.17, 15) is 23.9 Å². The first-order chi connectivity index (χ1) is 14.8. The van der Waals surface area contributed by atoms with Crippen LogP contribution in [0.1, 0.15) is 27.6 Å². The highest BCUT2D eigenvalue weighted by Gasteiger charge is 2.18. The van der Waals surface area contributed by atoms with Crippen molar-refractivity contribution in [2.45, 2.75) is 17.1 Å². The van der Waals surface area contributed by atoms with E-state index in [1.165, 1.54) is 42.1 Å². The standard InChI is InChI=1S/C23H19FN2O4S/c1-14(21(27)26-20-12-5-4-11-19(20)24)31-16-8-6-7-15(13-16)25-22(28)17-9-2-3-10-18(17)23(29)30/h2-14H,1H3,(H,25,28)(H,26,27)(H,29,30). The van der Waals surface area contributed by atoms with E-state index in [1.807, 2.05) is 0 Å². The van der Waals surface area contributed by atoms with E-state index in [0.717, 1.165) is 0 Å². The quantitative estimate of drug-likeness (QED) is 0.456. The monoisotopic (exact) mass is 438 g/mol. The van der Waals surface area contributed by atoms with Crippen LogP contribution in [0.2, 0.25) is 0 Å². The van der Waals surface area contributed by atoms with Gasteiger partial charge in [0.2, 0.25) is 5.91 Å². The molecule has 0 aliphatic rings. The molecule has 1 atom stereocenters. The lowest BCUT2D eigenvalue weighted by atomic mass is 10.1. The number of carboxylic acids is 1. The van der Waals surface area contributed by atoms with Crippen LogP contribution in [0.5, 0.6) is 0 Å². The predicted octanol–water partition coefficient (Wildman–Crippen LogP) is 4.90. The Morgan fingerprint density at radius 2 is 1.58 bits per heavy atom. The van der Waals surface area contributed by atoms with Gasteiger partial charge in [0, 0.05) is 10.6 Å². The number of carbonyl (C=O) groups excluding carboxylic acids is 2. The van der Waals surface area contributed by atoms with Gasteiger partial charge in [-0.1, -0.05) is 30.3 Å². The Balaban J connectivity index is 1.68. The summed E-state index contributed by atoms with van der Waals surface area (Å²) in [6, 6.07) is 18.7. The molecule has 0 radical (unpaired) electrons. The van der Waals surface area contributed by atoms with Gasteiger partial charge in [-0.15, -0.1) is 11.8 Å². The van der Waals surface area contributed by atoms with E-state index >= 15 is 0 Å². The van der Waals surface area contributed by atoms with E-state index in [2.05, 4.69) is 10.6 Å². The normalized spacial score (nSPS) is 11.4. The lowest BCUT2D eigenvalue weighted by Crippen LogP contribution is -2.23. The second-order valence-electron chi connectivity index (χ2n) is 6.56. The fourth-order valence-corrected chi connectivity index (χ4v) is 3.69. The minimum atomic E-state index is -1.19. The fraction of sp³-hybridized carbons (Fsp3) is 0.0870. The summed E-state index contributed by atoms with van der Waals surface area (Å²) in [5.41, 5.74) is 0.518. The first kappa shape index (κ1) is 22.0. The summed E-state index contributed by atoms with van der Waals surface area (Å²) in [4.78, 5) is 37.0. The van der Waals surface area contributed by atoms with Crippen molar-refractivity contribution in [2.75, 3.05) is 10.6 Å². The van der Waals surface area contributed by atoms with Gasteiger partial charge in [-0.2, -0.15) is 0 Å². The van der Waals surface area contributed by atoms with Crippen LogP contribution in [0.15, 0.2) is 77.7 Å². The summed E-state index contributed by atoms with van der Waals surface area (Å²) in [7, 11) is 0. The molecule has 0 bridgehead atoms. The molecule has 0 aromatic heterocycles. The van der Waals surface area contributed by atoms with Crippen molar-refractivity contribution in [3.63, 3.8) is 0 Å². The van der Waals surface area contributed by atoms with Crippen molar-refractivity contribution in [3.8, 4) is 0 Å². The molecule has 31 heavy (non-hydrogen) atoms. The van der Waals surface area contributed by atoms with Gasteiger partial charge in [0.25, 0.3) is 5.91 Å². The highest BCUT2D eigenvalue weighted by atomic mass is 32.2. The molecule has 0 spiro atoms. The number of anilines is 2. The van der Waals surface area contributed by atoms with Crippen molar-refractivity contribution < 1.29 is 23.9 Å². The second-order valence-corrected chi connectivity index (χ2v) is 7.98. The van der Waals surface area contributed by atoms with Crippen LogP contribution in [-0.2, 0) is 4.79 Å². The van der Waals surface area contributed by atoms with E-state index in [0.29, 0.717) is 10.6 Å². The van der Waals surface area contributed by atoms with Gasteiger partial charge in [0.15, 0.2) is 0 Å². The lowest BCUT2D eigenvalue weighted by Gasteiger charge is -2.13. The summed E-state index contributed by atoms with van der Waals surface area (Å²) in [6.45, 7) is 1.69. The number of thioether (sulfide) groups is 1. The topological polar surface area (TPSA) is 95.5 Å². The number of aromatic carboxylic acids is 1. The zero-order valence-corrected chi connectivity index (χ0v) is 17.3. The van der Waals surface area contributed by atoms with Crippen LogP contribution in [0.3, 0.4) is 0 Å². The van der Waals surface area contributed by atoms with Crippen LogP contribution >= 0.6 is 11.8 Å². The van der Waals surface area contributed by atoms with Crippen molar-refractivity contribution in [2.24, 2.45) is 0 Å². The largest absolute Gasteiger partial charge is 0.478 e. The minimum Gasteiger partial charge on any atom is -0.478 e. The highest BCUT2D eigenvalue weighted by molar-refractivity contribution is 8.00. The number of halogens is 1. The molecule has 6 nitrogen and oxygen atoms in total. The summed E-state index contributed by atoms with van der Waals surface area (Å²) in [5.74, 6) is -2.62. The number of benzene rings is 3. The van der Waals surface area contributed by atoms with Gasteiger partial charge in [-0.3, -0.25) is 9.59 Å². The van der Waals surface area contributed by atoms with E-state index in [-0.39, 0.29) is 22.7 Å². The van der Waals surface area contributed by atoms with E-state index in [4.69, 9.17) is 0 Å². The molecule has 3 aromatic rings. The van der Waals surface area contributed by atoms with Gasteiger partial charge in [0.05, 0.1) is 22.1 Å². The smallest absolute Gasteiger partial charge is 0.336 e. The Bertz CT molecular complexity index is 1140. The van der Waals surface area contributed by atoms with Crippen LogP contribution < -0.4 is 10.6 Å². The number of rotatable bonds is 7. The Morgan fingerprint density at radius 1 is 0.903 bits per heavy atom. The van der Waals surface area contributed by atoms with Crippen molar-refractivity contribution in [1.29, 1.82) is 0 Å². The van der Waals surface area contributed by atoms with Gasteiger partial charge >= 0.3 is 5.97 Å². The third-order valence-corrected chi connectivity index (χ3v) is 5.40. The molecular formula is C23H19FN2O4S. The third kappa shape index (κ3) is 5.70. The number of carboxylic acid groups (broad SMARTS) is 1. The Kier molecular flexibility index (Phi) is 7.04. The van der Waals surface area contributed by atoms with Crippen LogP contribution in [-0.4, -0.2) is 28.1 Å². The number of hydrogen-bond acceptors (Lipinski definition) is 4. The molecule has 1 unspecified atom stereocenters. The summed E-state index contributed by atoms with van der Waals surface area (Å²) >= 11 is 1.24. The fourth-order valence-electron chi connectivity index (χ4n) is 2.77. The average Bonchev–Trinajstić information content (AvgIpc) is 2.75. The number of nitrogens with one attached hydrogen (secondary N) is 2. The van der Waals surface area contributed by atoms with E-state index in [1.54, 1.807) is 49.4 Å². The molecule has 8 heteroatoms. The third-order valence-electron chi connectivity index (χ3n) is 4.31. The number of carbonyl (C=O) groups is 3. The zero-order valence-electron chi connectivity index (χ0n) is 16.5. The van der Waals surface area contributed by atoms with Crippen molar-refractivity contribution in [3.05, 3.63) is 89.7 Å². The molecule has 0 aliphatic heterocycles. The zero-order chi connectivity index (χ0) is 22.4. The molecule has 0 saturated heterocycles. The number of para-hydroxylation sites is 1. The molecule has 0 heterocycles. The summed E-state index contributed by atoms with van der Waals surface area (Å²) in [6.07, 6.45) is 0. The second kappa shape index (κ2) is 9.90. The molecule has 2 amide bonds. The van der Waals surface area contributed by atoms with E-state index < -0.39 is 22.9 Å². The number of amides is 2. The van der Waals surface area contributed by atoms with Crippen molar-refractivity contribution in [1.82, 2.24) is 0 Å². The Labute approximate surface area is 182 Å². The number of hydrogen-bond donors (Lipinski definition) is 3. The van der Waals surface area contributed by atoms with Crippen LogP contribution in [0.25, 0.3) is 0 Å². The maximum absolute atomic E-state index is 13.7. The first-order valence-electron chi connectivity index (χ1n) is 9.31. The predicted molar refractivity (Wildman–Crippen MR) is 118 cm³/mol. The highest BCUT2D eigenvalue weighted by Crippen LogP contribution is 2.27. The minimum absolute atomic E-state index is 0.0469. The van der Waals surface area contributed by atoms with Gasteiger partial charge < -0.3 is 15.7 Å². The molecule has 3 N–H and O–H groups in total. The van der Waals surface area contributed by atoms with Gasteiger partial charge in [0.1, 0.15) is 5.82 Å². The SMILES string of the molecule is CC(Sc1cccc(NC(=O)c2ccccc2C(=O)O)c1)C(=O)Nc1ccccc1F. The maximum Gasteiger partial charge on any atom is 0.336 e. The summed E-state index contributed by atoms with van der Waals surface area (Å²) < 4.78 is 13.7. The maximum atomic E-state index is 13.7. The van der Waals surface area contributed by atoms with Crippen LogP contribution in [0, 0.1) is 5.82 Å². The molecule has 3 aromatic carbocycles. The van der Waals surface area contributed by atoms with Crippen molar-refractivity contribution >= 4 is 40.9 Å². The molecule has 0 fully saturated rings. The van der Waals surface area contributed by atoms with Gasteiger partial charge in [-0.05, 0) is 49.4 Å². The first-order valence-corrected chi connectivity index (χ1v) is 10.2. The molecule has 0 saturated carbocycles.